The van der Waals surface area contributed by atoms with E-state index in [1.54, 1.807) is 0 Å². The van der Waals surface area contributed by atoms with Crippen molar-refractivity contribution in [1.82, 2.24) is 4.67 Å². The molecule has 3 nitrogen and oxygen atoms in total. The number of hydrogen-bond donors (Lipinski definition) is 0. The third-order valence-electron chi connectivity index (χ3n) is 2.92. The molecule has 0 bridgehead atoms. The van der Waals surface area contributed by atoms with Gasteiger partial charge in [-0.1, -0.05) is 43.4 Å². The molecule has 0 unspecified atom stereocenters. The summed E-state index contributed by atoms with van der Waals surface area (Å²) in [7, 11) is -0.941. The first-order valence-electron chi connectivity index (χ1n) is 7.00. The largest absolute Gasteiger partial charge is 0.324 e. The van der Waals surface area contributed by atoms with Crippen LogP contribution in [0, 0.1) is 0 Å². The molecule has 4 heteroatoms. The lowest BCUT2D eigenvalue weighted by atomic mass is 10.2. The Morgan fingerprint density at radius 1 is 1.16 bits per heavy atom. The molecule has 0 aromatic heterocycles. The summed E-state index contributed by atoms with van der Waals surface area (Å²) in [5.41, 5.74) is 1.31. The van der Waals surface area contributed by atoms with Crippen molar-refractivity contribution in [1.29, 1.82) is 0 Å². The van der Waals surface area contributed by atoms with Gasteiger partial charge in [0.05, 0.1) is 6.54 Å². The second-order valence-corrected chi connectivity index (χ2v) is 7.71. The van der Waals surface area contributed by atoms with Crippen molar-refractivity contribution in [3.05, 3.63) is 35.9 Å². The summed E-state index contributed by atoms with van der Waals surface area (Å²) in [6, 6.07) is 10.5. The zero-order valence-electron chi connectivity index (χ0n) is 12.0. The lowest BCUT2D eigenvalue weighted by Crippen LogP contribution is -2.29. The highest BCUT2D eigenvalue weighted by molar-refractivity contribution is 6.52. The van der Waals surface area contributed by atoms with Crippen molar-refractivity contribution in [2.24, 2.45) is 5.10 Å². The number of carbonyl (C=O) groups is 1. The van der Waals surface area contributed by atoms with Gasteiger partial charge in [0.2, 0.25) is 0 Å². The lowest BCUT2D eigenvalue weighted by molar-refractivity contribution is -0.107. The van der Waals surface area contributed by atoms with Crippen LogP contribution in [0.2, 0.25) is 13.1 Å². The summed E-state index contributed by atoms with van der Waals surface area (Å²) in [5.74, 6) is 0. The molecular formula is C15H24N2OSi. The third-order valence-corrected chi connectivity index (χ3v) is 4.43. The molecule has 0 fully saturated rings. The van der Waals surface area contributed by atoms with Crippen LogP contribution < -0.4 is 0 Å². The van der Waals surface area contributed by atoms with E-state index < -0.39 is 8.96 Å². The lowest BCUT2D eigenvalue weighted by Gasteiger charge is -2.22. The molecule has 0 spiro atoms. The maximum atomic E-state index is 10.2. The van der Waals surface area contributed by atoms with Gasteiger partial charge in [0.15, 0.2) is 8.96 Å². The van der Waals surface area contributed by atoms with Crippen LogP contribution in [0.4, 0.5) is 0 Å². The normalized spacial score (nSPS) is 11.1. The Bertz CT molecular complexity index is 379. The fourth-order valence-electron chi connectivity index (χ4n) is 1.75. The van der Waals surface area contributed by atoms with Gasteiger partial charge in [0.25, 0.3) is 0 Å². The second kappa shape index (κ2) is 9.50. The van der Waals surface area contributed by atoms with Crippen LogP contribution in [0.15, 0.2) is 35.4 Å². The van der Waals surface area contributed by atoms with Crippen molar-refractivity contribution in [3.8, 4) is 0 Å². The Balaban J connectivity index is 2.40. The van der Waals surface area contributed by atoms with Crippen molar-refractivity contribution in [2.45, 2.75) is 45.3 Å². The molecule has 0 aliphatic rings. The molecular weight excluding hydrogens is 252 g/mol. The van der Waals surface area contributed by atoms with Gasteiger partial charge in [-0.25, -0.2) is 0 Å². The molecule has 1 rings (SSSR count). The number of rotatable bonds is 9. The number of aldehydes is 1. The van der Waals surface area contributed by atoms with Gasteiger partial charge in [-0.05, 0) is 24.8 Å². The average molecular weight is 276 g/mol. The fourth-order valence-corrected chi connectivity index (χ4v) is 2.69. The Morgan fingerprint density at radius 2 is 1.84 bits per heavy atom. The topological polar surface area (TPSA) is 32.7 Å². The van der Waals surface area contributed by atoms with Gasteiger partial charge in [-0.2, -0.15) is 5.10 Å². The first-order valence-corrected chi connectivity index (χ1v) is 9.83. The Labute approximate surface area is 118 Å². The van der Waals surface area contributed by atoms with Gasteiger partial charge in [-0.3, -0.25) is 0 Å². The van der Waals surface area contributed by atoms with Crippen molar-refractivity contribution in [2.75, 3.05) is 0 Å². The molecule has 0 radical (unpaired) electrons. The van der Waals surface area contributed by atoms with Gasteiger partial charge in [-0.15, -0.1) is 0 Å². The first-order chi connectivity index (χ1) is 9.24. The minimum absolute atomic E-state index is 0.667. The van der Waals surface area contributed by atoms with Crippen LogP contribution in [0.3, 0.4) is 0 Å². The van der Waals surface area contributed by atoms with E-state index in [1.807, 2.05) is 12.3 Å². The van der Waals surface area contributed by atoms with Gasteiger partial charge in [0, 0.05) is 12.6 Å². The third kappa shape index (κ3) is 6.91. The predicted molar refractivity (Wildman–Crippen MR) is 83.9 cm³/mol. The van der Waals surface area contributed by atoms with E-state index in [0.717, 1.165) is 32.1 Å². The van der Waals surface area contributed by atoms with Crippen molar-refractivity contribution in [3.63, 3.8) is 0 Å². The highest BCUT2D eigenvalue weighted by Gasteiger charge is 2.07. The molecule has 0 amide bonds. The highest BCUT2D eigenvalue weighted by Crippen LogP contribution is 2.07. The SMILES string of the molecule is C[SiH](C)N(Cc1ccccc1)N=CCCCCC=O. The average Bonchev–Trinajstić information content (AvgIpc) is 2.42. The predicted octanol–water partition coefficient (Wildman–Crippen LogP) is 3.22. The number of benzene rings is 1. The zero-order valence-corrected chi connectivity index (χ0v) is 13.1. The van der Waals surface area contributed by atoms with E-state index in [-0.39, 0.29) is 0 Å². The fraction of sp³-hybridized carbons (Fsp3) is 0.467. The molecule has 0 aliphatic heterocycles. The van der Waals surface area contributed by atoms with Crippen LogP contribution in [0.1, 0.15) is 31.2 Å². The molecule has 0 saturated heterocycles. The van der Waals surface area contributed by atoms with Gasteiger partial charge in [0.1, 0.15) is 6.29 Å². The number of carbonyl (C=O) groups excluding carboxylic acids is 1. The molecule has 1 aromatic carbocycles. The molecule has 104 valence electrons. The van der Waals surface area contributed by atoms with E-state index in [4.69, 9.17) is 0 Å². The number of unbranched alkanes of at least 4 members (excludes halogenated alkanes) is 3. The number of hydrogen-bond acceptors (Lipinski definition) is 3. The van der Waals surface area contributed by atoms with Crippen LogP contribution in [0.5, 0.6) is 0 Å². The molecule has 0 saturated carbocycles. The summed E-state index contributed by atoms with van der Waals surface area (Å²) < 4.78 is 2.23. The van der Waals surface area contributed by atoms with E-state index >= 15 is 0 Å². The van der Waals surface area contributed by atoms with E-state index in [0.29, 0.717) is 6.42 Å². The summed E-state index contributed by atoms with van der Waals surface area (Å²) >= 11 is 0. The van der Waals surface area contributed by atoms with Crippen LogP contribution in [-0.2, 0) is 11.3 Å². The Morgan fingerprint density at radius 3 is 2.47 bits per heavy atom. The number of hydrazone groups is 1. The minimum Gasteiger partial charge on any atom is -0.324 e. The van der Waals surface area contributed by atoms with Crippen LogP contribution in [0.25, 0.3) is 0 Å². The van der Waals surface area contributed by atoms with Crippen molar-refractivity contribution >= 4 is 21.5 Å². The Kier molecular flexibility index (Phi) is 7.82. The smallest absolute Gasteiger partial charge is 0.157 e. The van der Waals surface area contributed by atoms with E-state index in [2.05, 4.69) is 47.1 Å². The van der Waals surface area contributed by atoms with Gasteiger partial charge >= 0.3 is 0 Å². The first kappa shape index (κ1) is 15.6. The molecule has 0 aliphatic carbocycles. The molecule has 0 atom stereocenters. The maximum absolute atomic E-state index is 10.2. The summed E-state index contributed by atoms with van der Waals surface area (Å²) in [6.07, 6.45) is 6.62. The van der Waals surface area contributed by atoms with E-state index in [9.17, 15) is 4.79 Å². The number of nitrogens with zero attached hydrogens (tertiary/aromatic N) is 2. The van der Waals surface area contributed by atoms with Crippen LogP contribution in [-0.4, -0.2) is 26.1 Å². The quantitative estimate of drug-likeness (QED) is 0.228. The van der Waals surface area contributed by atoms with Gasteiger partial charge < -0.3 is 9.47 Å². The molecule has 0 N–H and O–H groups in total. The molecule has 0 heterocycles. The maximum Gasteiger partial charge on any atom is 0.157 e. The summed E-state index contributed by atoms with van der Waals surface area (Å²) in [4.78, 5) is 10.2. The minimum atomic E-state index is -0.941. The summed E-state index contributed by atoms with van der Waals surface area (Å²) in [6.45, 7) is 5.47. The zero-order chi connectivity index (χ0) is 13.9. The molecule has 19 heavy (non-hydrogen) atoms. The van der Waals surface area contributed by atoms with Crippen LogP contribution >= 0.6 is 0 Å². The highest BCUT2D eigenvalue weighted by atomic mass is 28.3. The molecule has 1 aromatic rings. The monoisotopic (exact) mass is 276 g/mol. The second-order valence-electron chi connectivity index (χ2n) is 4.93. The summed E-state index contributed by atoms with van der Waals surface area (Å²) in [5, 5.41) is 4.60. The standard InChI is InChI=1S/C15H24N2OSi/c1-19(2)17(14-15-10-6-5-7-11-15)16-12-8-3-4-9-13-18/h5-7,10-13,19H,3-4,8-9,14H2,1-2H3. The van der Waals surface area contributed by atoms with E-state index in [1.165, 1.54) is 5.56 Å². The Hall–Kier alpha value is -1.42. The van der Waals surface area contributed by atoms with Crippen molar-refractivity contribution < 1.29 is 4.79 Å².